The minimum Gasteiger partial charge on any atom is -0.354 e. The van der Waals surface area contributed by atoms with Crippen molar-refractivity contribution >= 4 is 35.0 Å². The Morgan fingerprint density at radius 1 is 1.10 bits per heavy atom. The van der Waals surface area contributed by atoms with Gasteiger partial charge in [-0.2, -0.15) is 0 Å². The summed E-state index contributed by atoms with van der Waals surface area (Å²) in [5, 5.41) is 3.92. The van der Waals surface area contributed by atoms with E-state index in [0.717, 1.165) is 29.5 Å². The molecule has 0 aliphatic carbocycles. The van der Waals surface area contributed by atoms with Crippen molar-refractivity contribution in [1.29, 1.82) is 0 Å². The molecule has 0 aromatic heterocycles. The molecule has 4 nitrogen and oxygen atoms in total. The maximum absolute atomic E-state index is 13.1. The Morgan fingerprint density at radius 2 is 1.79 bits per heavy atom. The molecule has 1 N–H and O–H groups in total. The molecule has 0 spiro atoms. The number of halogens is 2. The van der Waals surface area contributed by atoms with Crippen LogP contribution in [0.25, 0.3) is 0 Å². The summed E-state index contributed by atoms with van der Waals surface area (Å²) in [7, 11) is 0. The van der Waals surface area contributed by atoms with Gasteiger partial charge in [-0.15, -0.1) is 0 Å². The first kappa shape index (κ1) is 23.2. The SMILES string of the molecule is CCCCNC(=O)C(C)N(Cc1ccc(Cl)cc1Cl)C(=O)Cc1ccc(C)cc1. The zero-order valence-electron chi connectivity index (χ0n) is 17.2. The van der Waals surface area contributed by atoms with Gasteiger partial charge in [-0.25, -0.2) is 0 Å². The summed E-state index contributed by atoms with van der Waals surface area (Å²) in [5.41, 5.74) is 2.79. The smallest absolute Gasteiger partial charge is 0.242 e. The number of hydrogen-bond acceptors (Lipinski definition) is 2. The van der Waals surface area contributed by atoms with Crippen LogP contribution >= 0.6 is 23.2 Å². The van der Waals surface area contributed by atoms with Crippen LogP contribution in [0.2, 0.25) is 10.0 Å². The molecule has 0 aliphatic heterocycles. The number of aryl methyl sites for hydroxylation is 1. The van der Waals surface area contributed by atoms with Crippen molar-refractivity contribution in [2.24, 2.45) is 0 Å². The Morgan fingerprint density at radius 3 is 2.41 bits per heavy atom. The van der Waals surface area contributed by atoms with Gasteiger partial charge >= 0.3 is 0 Å². The van der Waals surface area contributed by atoms with Gasteiger partial charge in [-0.1, -0.05) is 72.4 Å². The van der Waals surface area contributed by atoms with Gasteiger partial charge in [0.15, 0.2) is 0 Å². The standard InChI is InChI=1S/C23H28Cl2N2O2/c1-4-5-12-26-23(29)17(3)27(15-19-10-11-20(24)14-21(19)25)22(28)13-18-8-6-16(2)7-9-18/h6-11,14,17H,4-5,12-13,15H2,1-3H3,(H,26,29). The van der Waals surface area contributed by atoms with E-state index in [0.29, 0.717) is 16.6 Å². The van der Waals surface area contributed by atoms with E-state index in [2.05, 4.69) is 12.2 Å². The van der Waals surface area contributed by atoms with Crippen LogP contribution in [0.3, 0.4) is 0 Å². The van der Waals surface area contributed by atoms with Gasteiger partial charge in [-0.3, -0.25) is 9.59 Å². The molecule has 1 unspecified atom stereocenters. The number of nitrogens with one attached hydrogen (secondary N) is 1. The lowest BCUT2D eigenvalue weighted by Crippen LogP contribution is -2.48. The summed E-state index contributed by atoms with van der Waals surface area (Å²) in [6.07, 6.45) is 2.11. The molecule has 2 aromatic carbocycles. The van der Waals surface area contributed by atoms with E-state index in [1.807, 2.05) is 31.2 Å². The predicted octanol–water partition coefficient (Wildman–Crippen LogP) is 5.18. The molecule has 0 radical (unpaired) electrons. The van der Waals surface area contributed by atoms with Crippen LogP contribution in [0, 0.1) is 6.92 Å². The summed E-state index contributed by atoms with van der Waals surface area (Å²) in [6.45, 7) is 6.65. The van der Waals surface area contributed by atoms with Crippen molar-refractivity contribution in [3.8, 4) is 0 Å². The fourth-order valence-corrected chi connectivity index (χ4v) is 3.40. The quantitative estimate of drug-likeness (QED) is 0.552. The molecule has 29 heavy (non-hydrogen) atoms. The summed E-state index contributed by atoms with van der Waals surface area (Å²) in [5.74, 6) is -0.293. The lowest BCUT2D eigenvalue weighted by molar-refractivity contribution is -0.140. The number of benzene rings is 2. The average Bonchev–Trinajstić information content (AvgIpc) is 2.68. The first-order valence-electron chi connectivity index (χ1n) is 9.88. The Hall–Kier alpha value is -2.04. The number of amides is 2. The van der Waals surface area contributed by atoms with Crippen molar-refractivity contribution in [2.75, 3.05) is 6.54 Å². The Labute approximate surface area is 183 Å². The number of rotatable bonds is 9. The molecule has 0 heterocycles. The second-order valence-electron chi connectivity index (χ2n) is 7.24. The lowest BCUT2D eigenvalue weighted by Gasteiger charge is -2.29. The van der Waals surface area contributed by atoms with E-state index in [-0.39, 0.29) is 24.8 Å². The van der Waals surface area contributed by atoms with Gasteiger partial charge in [0.1, 0.15) is 6.04 Å². The zero-order chi connectivity index (χ0) is 21.4. The molecule has 0 bridgehead atoms. The van der Waals surface area contributed by atoms with Crippen LogP contribution in [0.1, 0.15) is 43.4 Å². The van der Waals surface area contributed by atoms with Crippen molar-refractivity contribution in [1.82, 2.24) is 10.2 Å². The first-order chi connectivity index (χ1) is 13.8. The van der Waals surface area contributed by atoms with Crippen LogP contribution in [0.4, 0.5) is 0 Å². The lowest BCUT2D eigenvalue weighted by atomic mass is 10.1. The van der Waals surface area contributed by atoms with E-state index in [4.69, 9.17) is 23.2 Å². The molecule has 0 saturated heterocycles. The number of nitrogens with zero attached hydrogens (tertiary/aromatic N) is 1. The molecule has 2 rings (SSSR count). The molecular formula is C23H28Cl2N2O2. The third-order valence-electron chi connectivity index (χ3n) is 4.83. The molecule has 2 amide bonds. The van der Waals surface area contributed by atoms with E-state index in [1.54, 1.807) is 30.0 Å². The van der Waals surface area contributed by atoms with E-state index in [9.17, 15) is 9.59 Å². The molecule has 156 valence electrons. The predicted molar refractivity (Wildman–Crippen MR) is 119 cm³/mol. The monoisotopic (exact) mass is 434 g/mol. The maximum atomic E-state index is 13.1. The Balaban J connectivity index is 2.21. The largest absolute Gasteiger partial charge is 0.354 e. The normalized spacial score (nSPS) is 11.8. The number of carbonyl (C=O) groups excluding carboxylic acids is 2. The van der Waals surface area contributed by atoms with Gasteiger partial charge in [0.05, 0.1) is 6.42 Å². The molecule has 0 fully saturated rings. The number of carbonyl (C=O) groups is 2. The van der Waals surface area contributed by atoms with E-state index < -0.39 is 6.04 Å². The highest BCUT2D eigenvalue weighted by Gasteiger charge is 2.26. The maximum Gasteiger partial charge on any atom is 0.242 e. The van der Waals surface area contributed by atoms with Gasteiger partial charge in [0, 0.05) is 23.1 Å². The Kier molecular flexibility index (Phi) is 8.99. The fourth-order valence-electron chi connectivity index (χ4n) is 2.93. The summed E-state index contributed by atoms with van der Waals surface area (Å²) >= 11 is 12.3. The topological polar surface area (TPSA) is 49.4 Å². The average molecular weight is 435 g/mol. The third kappa shape index (κ3) is 7.06. The zero-order valence-corrected chi connectivity index (χ0v) is 18.7. The van der Waals surface area contributed by atoms with Gasteiger partial charge in [0.25, 0.3) is 0 Å². The van der Waals surface area contributed by atoms with Crippen LogP contribution < -0.4 is 5.32 Å². The van der Waals surface area contributed by atoms with Crippen molar-refractivity contribution in [3.63, 3.8) is 0 Å². The highest BCUT2D eigenvalue weighted by Crippen LogP contribution is 2.23. The van der Waals surface area contributed by atoms with Crippen LogP contribution in [0.5, 0.6) is 0 Å². The summed E-state index contributed by atoms with van der Waals surface area (Å²) < 4.78 is 0. The summed E-state index contributed by atoms with van der Waals surface area (Å²) in [4.78, 5) is 27.3. The molecular weight excluding hydrogens is 407 g/mol. The van der Waals surface area contributed by atoms with Crippen molar-refractivity contribution in [3.05, 3.63) is 69.2 Å². The van der Waals surface area contributed by atoms with Crippen molar-refractivity contribution < 1.29 is 9.59 Å². The third-order valence-corrected chi connectivity index (χ3v) is 5.42. The Bertz CT molecular complexity index is 837. The first-order valence-corrected chi connectivity index (χ1v) is 10.6. The number of unbranched alkanes of at least 4 members (excludes halogenated alkanes) is 1. The molecule has 0 saturated carbocycles. The van der Waals surface area contributed by atoms with Gasteiger partial charge < -0.3 is 10.2 Å². The highest BCUT2D eigenvalue weighted by atomic mass is 35.5. The highest BCUT2D eigenvalue weighted by molar-refractivity contribution is 6.35. The van der Waals surface area contributed by atoms with Gasteiger partial charge in [0.2, 0.25) is 11.8 Å². The molecule has 6 heteroatoms. The van der Waals surface area contributed by atoms with Gasteiger partial charge in [-0.05, 0) is 43.5 Å². The fraction of sp³-hybridized carbons (Fsp3) is 0.391. The summed E-state index contributed by atoms with van der Waals surface area (Å²) in [6, 6.07) is 12.4. The van der Waals surface area contributed by atoms with Crippen molar-refractivity contribution in [2.45, 2.75) is 52.6 Å². The van der Waals surface area contributed by atoms with Crippen LogP contribution in [0.15, 0.2) is 42.5 Å². The minimum atomic E-state index is -0.614. The molecule has 1 atom stereocenters. The van der Waals surface area contributed by atoms with E-state index >= 15 is 0 Å². The second-order valence-corrected chi connectivity index (χ2v) is 8.08. The number of hydrogen-bond donors (Lipinski definition) is 1. The molecule has 2 aromatic rings. The molecule has 0 aliphatic rings. The van der Waals surface area contributed by atoms with E-state index in [1.165, 1.54) is 0 Å². The minimum absolute atomic E-state index is 0.127. The van der Waals surface area contributed by atoms with Crippen LogP contribution in [-0.2, 0) is 22.6 Å². The van der Waals surface area contributed by atoms with Crippen LogP contribution in [-0.4, -0.2) is 29.3 Å². The second kappa shape index (κ2) is 11.2.